The number of aromatic nitrogens is 3. The number of nitrogens with one attached hydrogen (secondary N) is 1. The van der Waals surface area contributed by atoms with E-state index in [1.54, 1.807) is 23.2 Å². The smallest absolute Gasteiger partial charge is 0.285 e. The third-order valence-corrected chi connectivity index (χ3v) is 2.97. The molecule has 0 unspecified atom stereocenters. The van der Waals surface area contributed by atoms with Crippen LogP contribution in [0, 0.1) is 11.7 Å². The van der Waals surface area contributed by atoms with Gasteiger partial charge in [0.1, 0.15) is 5.75 Å². The van der Waals surface area contributed by atoms with Gasteiger partial charge in [-0.15, -0.1) is 5.10 Å². The van der Waals surface area contributed by atoms with Crippen molar-refractivity contribution in [3.8, 4) is 0 Å². The van der Waals surface area contributed by atoms with E-state index in [1.807, 2.05) is 0 Å². The Bertz CT molecular complexity index is 485. The SMILES string of the molecule is Cc1n(C)[nH]c(=S)[n+]1CCS(=O)(=O)O. The molecule has 0 aliphatic heterocycles. The van der Waals surface area contributed by atoms with Gasteiger partial charge < -0.3 is 0 Å². The topological polar surface area (TPSA) is 79.0 Å². The fourth-order valence-electron chi connectivity index (χ4n) is 1.08. The molecule has 6 nitrogen and oxygen atoms in total. The van der Waals surface area contributed by atoms with Crippen LogP contribution in [0.1, 0.15) is 5.82 Å². The summed E-state index contributed by atoms with van der Waals surface area (Å²) in [7, 11) is -2.16. The molecule has 0 aromatic carbocycles. The van der Waals surface area contributed by atoms with E-state index in [-0.39, 0.29) is 12.3 Å². The van der Waals surface area contributed by atoms with E-state index in [4.69, 9.17) is 16.8 Å². The van der Waals surface area contributed by atoms with Crippen LogP contribution >= 0.6 is 12.2 Å². The summed E-state index contributed by atoms with van der Waals surface area (Å²) in [6.45, 7) is 1.96. The number of aryl methyl sites for hydroxylation is 1. The van der Waals surface area contributed by atoms with Crippen LogP contribution in [0.15, 0.2) is 0 Å². The molecule has 0 atom stereocenters. The first-order valence-corrected chi connectivity index (χ1v) is 5.93. The lowest BCUT2D eigenvalue weighted by Gasteiger charge is -1.96. The summed E-state index contributed by atoms with van der Waals surface area (Å²) >= 11 is 4.96. The molecule has 80 valence electrons. The van der Waals surface area contributed by atoms with Gasteiger partial charge in [-0.25, -0.2) is 4.57 Å². The van der Waals surface area contributed by atoms with Crippen molar-refractivity contribution in [3.63, 3.8) is 0 Å². The molecule has 0 fully saturated rings. The van der Waals surface area contributed by atoms with Crippen LogP contribution in [0.5, 0.6) is 0 Å². The maximum absolute atomic E-state index is 10.5. The first kappa shape index (κ1) is 11.3. The van der Waals surface area contributed by atoms with Gasteiger partial charge in [-0.05, 0) is 12.2 Å². The van der Waals surface area contributed by atoms with Crippen molar-refractivity contribution in [1.29, 1.82) is 0 Å². The normalized spacial score (nSPS) is 11.9. The molecular weight excluding hydrogens is 226 g/mol. The predicted molar refractivity (Wildman–Crippen MR) is 51.9 cm³/mol. The van der Waals surface area contributed by atoms with Gasteiger partial charge in [0, 0.05) is 6.92 Å². The average molecular weight is 238 g/mol. The second kappa shape index (κ2) is 3.79. The van der Waals surface area contributed by atoms with E-state index in [1.165, 1.54) is 0 Å². The van der Waals surface area contributed by atoms with E-state index in [0.717, 1.165) is 5.82 Å². The van der Waals surface area contributed by atoms with Crippen LogP contribution < -0.4 is 4.57 Å². The zero-order chi connectivity index (χ0) is 10.9. The maximum Gasteiger partial charge on any atom is 0.323 e. The van der Waals surface area contributed by atoms with Crippen LogP contribution in [-0.2, 0) is 23.7 Å². The summed E-state index contributed by atoms with van der Waals surface area (Å²) in [4.78, 5) is 0. The Hall–Kier alpha value is -0.730. The molecule has 0 spiro atoms. The monoisotopic (exact) mass is 238 g/mol. The summed E-state index contributed by atoms with van der Waals surface area (Å²) in [5, 5.41) is 2.83. The maximum atomic E-state index is 10.5. The Morgan fingerprint density at radius 2 is 2.21 bits per heavy atom. The van der Waals surface area contributed by atoms with Gasteiger partial charge in [0.05, 0.1) is 13.6 Å². The molecule has 0 saturated heterocycles. The van der Waals surface area contributed by atoms with Gasteiger partial charge in [-0.1, -0.05) is 0 Å². The highest BCUT2D eigenvalue weighted by Gasteiger charge is 2.14. The number of hydrogen-bond acceptors (Lipinski definition) is 3. The molecule has 1 aromatic rings. The molecule has 14 heavy (non-hydrogen) atoms. The lowest BCUT2D eigenvalue weighted by Crippen LogP contribution is -2.40. The average Bonchev–Trinajstić information content (AvgIpc) is 2.23. The highest BCUT2D eigenvalue weighted by molar-refractivity contribution is 7.85. The molecule has 0 amide bonds. The van der Waals surface area contributed by atoms with E-state index in [0.29, 0.717) is 4.77 Å². The van der Waals surface area contributed by atoms with Gasteiger partial charge in [0.15, 0.2) is 0 Å². The van der Waals surface area contributed by atoms with Gasteiger partial charge in [-0.3, -0.25) is 4.55 Å². The Morgan fingerprint density at radius 3 is 2.57 bits per heavy atom. The minimum absolute atomic E-state index is 0.154. The minimum atomic E-state index is -3.94. The molecule has 0 radical (unpaired) electrons. The Labute approximate surface area is 86.9 Å². The standard InChI is InChI=1S/C6H11N3O3S2/c1-5-8(2)7-6(13)9(5)3-4-14(10,11)12/h3-4H2,1-2H3,(H-,7,10,11,12,13)/p+1. The molecular formula is C6H12N3O3S2+. The second-order valence-electron chi connectivity index (χ2n) is 2.96. The van der Waals surface area contributed by atoms with Crippen molar-refractivity contribution < 1.29 is 17.5 Å². The van der Waals surface area contributed by atoms with Gasteiger partial charge in [0.2, 0.25) is 5.82 Å². The van der Waals surface area contributed by atoms with Crippen molar-refractivity contribution in [2.45, 2.75) is 13.5 Å². The summed E-state index contributed by atoms with van der Waals surface area (Å²) in [5.74, 6) is 0.471. The van der Waals surface area contributed by atoms with Crippen LogP contribution in [0.25, 0.3) is 0 Å². The largest absolute Gasteiger partial charge is 0.323 e. The van der Waals surface area contributed by atoms with Crippen LogP contribution in [0.3, 0.4) is 0 Å². The van der Waals surface area contributed by atoms with E-state index >= 15 is 0 Å². The Morgan fingerprint density at radius 1 is 1.64 bits per heavy atom. The third kappa shape index (κ3) is 2.63. The molecule has 0 aliphatic carbocycles. The zero-order valence-electron chi connectivity index (χ0n) is 7.89. The minimum Gasteiger partial charge on any atom is -0.285 e. The molecule has 2 N–H and O–H groups in total. The highest BCUT2D eigenvalue weighted by atomic mass is 32.2. The summed E-state index contributed by atoms with van der Waals surface area (Å²) in [6, 6.07) is 0. The number of aromatic amines is 1. The molecule has 0 aliphatic rings. The molecule has 8 heteroatoms. The molecule has 1 heterocycles. The van der Waals surface area contributed by atoms with Crippen LogP contribution in [0.2, 0.25) is 0 Å². The van der Waals surface area contributed by atoms with E-state index in [9.17, 15) is 8.42 Å². The molecule has 1 rings (SSSR count). The van der Waals surface area contributed by atoms with Crippen molar-refractivity contribution in [3.05, 3.63) is 10.6 Å². The number of nitrogens with zero attached hydrogens (tertiary/aromatic N) is 2. The summed E-state index contributed by atoms with van der Waals surface area (Å²) in [5.41, 5.74) is 0. The lowest BCUT2D eigenvalue weighted by atomic mass is 10.6. The van der Waals surface area contributed by atoms with Crippen molar-refractivity contribution in [2.24, 2.45) is 7.05 Å². The Kier molecular flexibility index (Phi) is 3.07. The third-order valence-electron chi connectivity index (χ3n) is 1.96. The van der Waals surface area contributed by atoms with E-state index < -0.39 is 10.1 Å². The van der Waals surface area contributed by atoms with Crippen molar-refractivity contribution in [2.75, 3.05) is 5.75 Å². The highest BCUT2D eigenvalue weighted by Crippen LogP contribution is 1.89. The zero-order valence-corrected chi connectivity index (χ0v) is 9.52. The van der Waals surface area contributed by atoms with Crippen LogP contribution in [0.4, 0.5) is 0 Å². The number of hydrogen-bond donors (Lipinski definition) is 2. The van der Waals surface area contributed by atoms with Crippen molar-refractivity contribution in [1.82, 2.24) is 9.78 Å². The van der Waals surface area contributed by atoms with Crippen molar-refractivity contribution >= 4 is 22.3 Å². The second-order valence-corrected chi connectivity index (χ2v) is 4.92. The van der Waals surface area contributed by atoms with Crippen LogP contribution in [-0.4, -0.2) is 28.5 Å². The predicted octanol–water partition coefficient (Wildman–Crippen LogP) is -0.434. The fourth-order valence-corrected chi connectivity index (χ4v) is 1.86. The Balaban J connectivity index is 2.93. The first-order valence-electron chi connectivity index (χ1n) is 3.92. The summed E-state index contributed by atoms with van der Waals surface area (Å²) < 4.78 is 33.4. The molecule has 1 aromatic heterocycles. The van der Waals surface area contributed by atoms with Gasteiger partial charge in [0.25, 0.3) is 10.1 Å². The summed E-state index contributed by atoms with van der Waals surface area (Å²) in [6.07, 6.45) is 0. The van der Waals surface area contributed by atoms with E-state index in [2.05, 4.69) is 5.10 Å². The quantitative estimate of drug-likeness (QED) is 0.425. The molecule has 0 bridgehead atoms. The van der Waals surface area contributed by atoms with Gasteiger partial charge >= 0.3 is 4.77 Å². The van der Waals surface area contributed by atoms with Gasteiger partial charge in [-0.2, -0.15) is 13.1 Å². The number of H-pyrrole nitrogens is 1. The fraction of sp³-hybridized carbons (Fsp3) is 0.667. The lowest BCUT2D eigenvalue weighted by molar-refractivity contribution is -0.705. The molecule has 0 saturated carbocycles. The number of rotatable bonds is 3. The first-order chi connectivity index (χ1) is 6.31.